The van der Waals surface area contributed by atoms with Crippen LogP contribution in [0.3, 0.4) is 0 Å². The van der Waals surface area contributed by atoms with Crippen LogP contribution in [-0.2, 0) is 9.53 Å². The number of hydrogen-bond donors (Lipinski definition) is 2. The van der Waals surface area contributed by atoms with Crippen LogP contribution < -0.4 is 10.6 Å². The van der Waals surface area contributed by atoms with Crippen molar-refractivity contribution in [3.63, 3.8) is 0 Å². The lowest BCUT2D eigenvalue weighted by Crippen LogP contribution is -2.54. The summed E-state index contributed by atoms with van der Waals surface area (Å²) in [5, 5.41) is 5.44. The van der Waals surface area contributed by atoms with Crippen LogP contribution in [0.5, 0.6) is 0 Å². The second kappa shape index (κ2) is 6.26. The van der Waals surface area contributed by atoms with Gasteiger partial charge in [0, 0.05) is 5.54 Å². The molecular weight excluding hydrogens is 244 g/mol. The third-order valence-electron chi connectivity index (χ3n) is 2.10. The Kier molecular flexibility index (Phi) is 5.84. The molecule has 0 aliphatic carbocycles. The van der Waals surface area contributed by atoms with E-state index in [2.05, 4.69) is 10.6 Å². The van der Waals surface area contributed by atoms with Crippen LogP contribution in [0.4, 0.5) is 4.79 Å². The van der Waals surface area contributed by atoms with Crippen molar-refractivity contribution >= 4 is 12.0 Å². The van der Waals surface area contributed by atoms with Gasteiger partial charge >= 0.3 is 12.0 Å². The zero-order chi connectivity index (χ0) is 15.4. The minimum absolute atomic E-state index is 0.0411. The molecule has 0 radical (unpaired) electrons. The van der Waals surface area contributed by atoms with Crippen LogP contribution in [0.2, 0.25) is 0 Å². The molecule has 0 spiro atoms. The van der Waals surface area contributed by atoms with Gasteiger partial charge < -0.3 is 15.4 Å². The molecule has 0 aromatic heterocycles. The van der Waals surface area contributed by atoms with E-state index in [0.29, 0.717) is 0 Å². The lowest BCUT2D eigenvalue weighted by molar-refractivity contribution is -0.158. The normalized spacial score (nSPS) is 13.9. The highest BCUT2D eigenvalue weighted by Gasteiger charge is 2.29. The van der Waals surface area contributed by atoms with E-state index in [1.807, 2.05) is 34.6 Å². The van der Waals surface area contributed by atoms with Crippen molar-refractivity contribution in [2.24, 2.45) is 5.92 Å². The van der Waals surface area contributed by atoms with Gasteiger partial charge in [0.2, 0.25) is 0 Å². The van der Waals surface area contributed by atoms with E-state index in [9.17, 15) is 9.59 Å². The lowest BCUT2D eigenvalue weighted by atomic mass is 10.0. The molecule has 0 bridgehead atoms. The first-order valence-electron chi connectivity index (χ1n) is 6.63. The fourth-order valence-electron chi connectivity index (χ4n) is 1.38. The maximum absolute atomic E-state index is 12.0. The summed E-state index contributed by atoms with van der Waals surface area (Å²) in [4.78, 5) is 23.9. The summed E-state index contributed by atoms with van der Waals surface area (Å²) < 4.78 is 5.31. The predicted octanol–water partition coefficient (Wildman–Crippen LogP) is 2.45. The number of rotatable bonds is 3. The minimum atomic E-state index is -0.651. The Hall–Kier alpha value is -1.26. The second-order valence-corrected chi connectivity index (χ2v) is 7.10. The summed E-state index contributed by atoms with van der Waals surface area (Å²) in [7, 11) is 0. The Morgan fingerprint density at radius 2 is 1.47 bits per heavy atom. The third-order valence-corrected chi connectivity index (χ3v) is 2.10. The Balaban J connectivity index is 4.67. The van der Waals surface area contributed by atoms with Crippen molar-refractivity contribution in [2.45, 2.75) is 72.6 Å². The molecule has 112 valence electrons. The molecule has 0 saturated heterocycles. The van der Waals surface area contributed by atoms with E-state index < -0.39 is 17.6 Å². The molecule has 0 aliphatic heterocycles. The molecule has 0 saturated carbocycles. The highest BCUT2D eigenvalue weighted by atomic mass is 16.6. The van der Waals surface area contributed by atoms with Crippen LogP contribution in [0.25, 0.3) is 0 Å². The summed E-state index contributed by atoms with van der Waals surface area (Å²) >= 11 is 0. The van der Waals surface area contributed by atoms with E-state index in [0.717, 1.165) is 0 Å². The summed E-state index contributed by atoms with van der Waals surface area (Å²) in [6, 6.07) is -1.02. The Morgan fingerprint density at radius 1 is 1.00 bits per heavy atom. The molecule has 1 atom stereocenters. The molecule has 0 fully saturated rings. The molecule has 0 rings (SSSR count). The quantitative estimate of drug-likeness (QED) is 0.775. The monoisotopic (exact) mass is 272 g/mol. The van der Waals surface area contributed by atoms with Crippen LogP contribution >= 0.6 is 0 Å². The van der Waals surface area contributed by atoms with Crippen molar-refractivity contribution in [1.82, 2.24) is 10.6 Å². The Bertz CT molecular complexity index is 325. The van der Waals surface area contributed by atoms with E-state index in [1.165, 1.54) is 0 Å². The summed E-state index contributed by atoms with van der Waals surface area (Å²) in [6.07, 6.45) is 0. The van der Waals surface area contributed by atoms with Crippen LogP contribution in [0, 0.1) is 5.92 Å². The van der Waals surface area contributed by atoms with Gasteiger partial charge in [0.05, 0.1) is 0 Å². The molecule has 2 N–H and O–H groups in total. The number of nitrogens with one attached hydrogen (secondary N) is 2. The van der Waals surface area contributed by atoms with Gasteiger partial charge in [-0.05, 0) is 47.5 Å². The Labute approximate surface area is 116 Å². The first-order chi connectivity index (χ1) is 8.32. The van der Waals surface area contributed by atoms with E-state index >= 15 is 0 Å². The predicted molar refractivity (Wildman–Crippen MR) is 75.9 cm³/mol. The fourth-order valence-corrected chi connectivity index (χ4v) is 1.38. The average Bonchev–Trinajstić information content (AvgIpc) is 2.07. The number of esters is 1. The molecular formula is C14H28N2O3. The second-order valence-electron chi connectivity index (χ2n) is 7.10. The van der Waals surface area contributed by atoms with Crippen molar-refractivity contribution in [3.8, 4) is 0 Å². The van der Waals surface area contributed by atoms with Gasteiger partial charge in [0.25, 0.3) is 0 Å². The number of ether oxygens (including phenoxy) is 1. The Morgan fingerprint density at radius 3 is 1.79 bits per heavy atom. The van der Waals surface area contributed by atoms with E-state index in [1.54, 1.807) is 20.8 Å². The molecule has 5 heteroatoms. The summed E-state index contributed by atoms with van der Waals surface area (Å²) in [5.74, 6) is -0.452. The van der Waals surface area contributed by atoms with Crippen LogP contribution in [0.15, 0.2) is 0 Å². The maximum atomic E-state index is 12.0. The van der Waals surface area contributed by atoms with Gasteiger partial charge in [-0.25, -0.2) is 9.59 Å². The van der Waals surface area contributed by atoms with Gasteiger partial charge in [0.15, 0.2) is 0 Å². The zero-order valence-corrected chi connectivity index (χ0v) is 13.4. The third kappa shape index (κ3) is 8.46. The van der Waals surface area contributed by atoms with Gasteiger partial charge in [-0.2, -0.15) is 0 Å². The number of amides is 2. The molecule has 0 aliphatic rings. The fraction of sp³-hybridized carbons (Fsp3) is 0.857. The van der Waals surface area contributed by atoms with Crippen molar-refractivity contribution in [1.29, 1.82) is 0 Å². The van der Waals surface area contributed by atoms with Crippen LogP contribution in [0.1, 0.15) is 55.4 Å². The topological polar surface area (TPSA) is 67.4 Å². The number of carbonyl (C=O) groups excluding carboxylic acids is 2. The maximum Gasteiger partial charge on any atom is 0.329 e. The van der Waals surface area contributed by atoms with Crippen LogP contribution in [-0.4, -0.2) is 29.2 Å². The van der Waals surface area contributed by atoms with Crippen molar-refractivity contribution in [2.75, 3.05) is 0 Å². The smallest absolute Gasteiger partial charge is 0.329 e. The molecule has 2 amide bonds. The van der Waals surface area contributed by atoms with Gasteiger partial charge in [-0.1, -0.05) is 13.8 Å². The standard InChI is InChI=1S/C14H28N2O3/c1-9(2)10(11(17)19-14(6,7)8)15-12(18)16-13(3,4)5/h9-10H,1-8H3,(H2,15,16,18)/t10-/m1/s1. The number of hydrogen-bond acceptors (Lipinski definition) is 3. The first-order valence-corrected chi connectivity index (χ1v) is 6.63. The van der Waals surface area contributed by atoms with Gasteiger partial charge in [-0.3, -0.25) is 0 Å². The zero-order valence-electron chi connectivity index (χ0n) is 13.4. The van der Waals surface area contributed by atoms with E-state index in [4.69, 9.17) is 4.74 Å². The molecule has 19 heavy (non-hydrogen) atoms. The summed E-state index contributed by atoms with van der Waals surface area (Å²) in [5.41, 5.74) is -0.911. The molecule has 0 unspecified atom stereocenters. The average molecular weight is 272 g/mol. The van der Waals surface area contributed by atoms with Gasteiger partial charge in [0.1, 0.15) is 11.6 Å². The molecule has 0 heterocycles. The largest absolute Gasteiger partial charge is 0.458 e. The van der Waals surface area contributed by atoms with Crippen molar-refractivity contribution < 1.29 is 14.3 Å². The molecule has 0 aromatic rings. The first kappa shape index (κ1) is 17.7. The van der Waals surface area contributed by atoms with E-state index in [-0.39, 0.29) is 17.5 Å². The highest BCUT2D eigenvalue weighted by molar-refractivity contribution is 5.84. The highest BCUT2D eigenvalue weighted by Crippen LogP contribution is 2.12. The minimum Gasteiger partial charge on any atom is -0.458 e. The number of carbonyl (C=O) groups is 2. The summed E-state index contributed by atoms with van der Waals surface area (Å²) in [6.45, 7) is 14.8. The SMILES string of the molecule is CC(C)[C@@H](NC(=O)NC(C)(C)C)C(=O)OC(C)(C)C. The molecule has 0 aromatic carbocycles. The lowest BCUT2D eigenvalue weighted by Gasteiger charge is -2.28. The van der Waals surface area contributed by atoms with Gasteiger partial charge in [-0.15, -0.1) is 0 Å². The number of urea groups is 1. The molecule has 5 nitrogen and oxygen atoms in total. The van der Waals surface area contributed by atoms with Crippen molar-refractivity contribution in [3.05, 3.63) is 0 Å².